The quantitative estimate of drug-likeness (QED) is 0.320. The monoisotopic (exact) mass is 544 g/mol. The van der Waals surface area contributed by atoms with Gasteiger partial charge < -0.3 is 14.8 Å². The fourth-order valence-electron chi connectivity index (χ4n) is 4.52. The van der Waals surface area contributed by atoms with E-state index in [1.165, 1.54) is 4.31 Å². The van der Waals surface area contributed by atoms with Crippen molar-refractivity contribution in [3.63, 3.8) is 0 Å². The molecule has 0 radical (unpaired) electrons. The third kappa shape index (κ3) is 5.71. The van der Waals surface area contributed by atoms with Gasteiger partial charge in [0.05, 0.1) is 23.7 Å². The first-order valence-corrected chi connectivity index (χ1v) is 14.4. The highest BCUT2D eigenvalue weighted by Crippen LogP contribution is 2.40. The Morgan fingerprint density at radius 2 is 1.67 bits per heavy atom. The van der Waals surface area contributed by atoms with Crippen molar-refractivity contribution in [1.29, 1.82) is 0 Å². The van der Waals surface area contributed by atoms with Gasteiger partial charge in [-0.1, -0.05) is 75.4 Å². The van der Waals surface area contributed by atoms with Gasteiger partial charge in [0.25, 0.3) is 15.9 Å². The minimum absolute atomic E-state index is 0.144. The van der Waals surface area contributed by atoms with E-state index in [0.29, 0.717) is 17.2 Å². The second-order valence-corrected chi connectivity index (χ2v) is 12.4. The smallest absolute Gasteiger partial charge is 0.264 e. The Bertz CT molecular complexity index is 1600. The van der Waals surface area contributed by atoms with Crippen molar-refractivity contribution in [2.24, 2.45) is 0 Å². The summed E-state index contributed by atoms with van der Waals surface area (Å²) in [6.07, 6.45) is -1.02. The standard InChI is InChI=1S/C31H32N2O5S/c1-31(2,3)24-14-16-28-27(20-24)33(39(35,36)26-11-5-4-6-12-26)21-29(38-28)30(34)32-17-18-37-25-15-13-22-9-7-8-10-23(22)19-25/h4-16,19-20,29H,17-18,21H2,1-3H3,(H,32,34). The van der Waals surface area contributed by atoms with E-state index in [9.17, 15) is 13.2 Å². The van der Waals surface area contributed by atoms with E-state index in [-0.39, 0.29) is 30.0 Å². The number of anilines is 1. The number of amides is 1. The summed E-state index contributed by atoms with van der Waals surface area (Å²) in [6.45, 7) is 6.54. The third-order valence-electron chi connectivity index (χ3n) is 6.71. The van der Waals surface area contributed by atoms with Crippen molar-refractivity contribution in [3.05, 3.63) is 96.6 Å². The normalized spacial score (nSPS) is 15.4. The molecule has 1 N–H and O–H groups in total. The average Bonchev–Trinajstić information content (AvgIpc) is 2.94. The molecule has 1 unspecified atom stereocenters. The highest BCUT2D eigenvalue weighted by atomic mass is 32.2. The van der Waals surface area contributed by atoms with Gasteiger partial charge >= 0.3 is 0 Å². The van der Waals surface area contributed by atoms with E-state index in [0.717, 1.165) is 16.3 Å². The zero-order valence-electron chi connectivity index (χ0n) is 22.3. The maximum absolute atomic E-state index is 13.7. The second-order valence-electron chi connectivity index (χ2n) is 10.5. The molecule has 4 aromatic rings. The molecule has 8 heteroatoms. The maximum atomic E-state index is 13.7. The summed E-state index contributed by atoms with van der Waals surface area (Å²) < 4.78 is 40.6. The lowest BCUT2D eigenvalue weighted by Gasteiger charge is -2.36. The molecule has 1 aliphatic heterocycles. The zero-order chi connectivity index (χ0) is 27.6. The van der Waals surface area contributed by atoms with Crippen molar-refractivity contribution >= 4 is 32.4 Å². The first-order chi connectivity index (χ1) is 18.6. The molecule has 0 saturated carbocycles. The molecule has 0 aromatic heterocycles. The molecule has 0 fully saturated rings. The molecule has 0 bridgehead atoms. The Hall–Kier alpha value is -4.04. The van der Waals surface area contributed by atoms with Crippen LogP contribution < -0.4 is 19.1 Å². The number of ether oxygens (including phenoxy) is 2. The number of hydrogen-bond acceptors (Lipinski definition) is 5. The van der Waals surface area contributed by atoms with Crippen LogP contribution in [0.5, 0.6) is 11.5 Å². The van der Waals surface area contributed by atoms with Crippen LogP contribution in [-0.2, 0) is 20.2 Å². The summed E-state index contributed by atoms with van der Waals surface area (Å²) >= 11 is 0. The van der Waals surface area contributed by atoms with Crippen molar-refractivity contribution in [3.8, 4) is 11.5 Å². The van der Waals surface area contributed by atoms with Crippen LogP contribution in [0.15, 0.2) is 95.9 Å². The van der Waals surface area contributed by atoms with Crippen LogP contribution in [-0.4, -0.2) is 40.1 Å². The van der Waals surface area contributed by atoms with Crippen molar-refractivity contribution in [2.75, 3.05) is 24.0 Å². The molecule has 5 rings (SSSR count). The van der Waals surface area contributed by atoms with Gasteiger partial charge in [-0.3, -0.25) is 9.10 Å². The third-order valence-corrected chi connectivity index (χ3v) is 8.50. The number of rotatable bonds is 7. The summed E-state index contributed by atoms with van der Waals surface area (Å²) in [4.78, 5) is 13.3. The molecule has 1 amide bonds. The minimum atomic E-state index is -3.93. The summed E-state index contributed by atoms with van der Waals surface area (Å²) in [6, 6.07) is 27.6. The predicted molar refractivity (Wildman–Crippen MR) is 153 cm³/mol. The molecule has 0 saturated heterocycles. The molecule has 0 aliphatic carbocycles. The number of carbonyl (C=O) groups is 1. The molecule has 4 aromatic carbocycles. The lowest BCUT2D eigenvalue weighted by atomic mass is 9.86. The Morgan fingerprint density at radius 3 is 2.41 bits per heavy atom. The number of nitrogens with one attached hydrogen (secondary N) is 1. The molecule has 1 aliphatic rings. The molecule has 39 heavy (non-hydrogen) atoms. The lowest BCUT2D eigenvalue weighted by Crippen LogP contribution is -2.51. The average molecular weight is 545 g/mol. The largest absolute Gasteiger partial charge is 0.492 e. The summed E-state index contributed by atoms with van der Waals surface area (Å²) in [5, 5.41) is 5.02. The van der Waals surface area contributed by atoms with Gasteiger partial charge in [-0.15, -0.1) is 0 Å². The predicted octanol–water partition coefficient (Wildman–Crippen LogP) is 5.29. The van der Waals surface area contributed by atoms with Gasteiger partial charge in [0.1, 0.15) is 18.1 Å². The number of nitrogens with zero attached hydrogens (tertiary/aromatic N) is 1. The fraction of sp³-hybridized carbons (Fsp3) is 0.258. The van der Waals surface area contributed by atoms with Crippen LogP contribution in [0.25, 0.3) is 10.8 Å². The first kappa shape index (κ1) is 26.6. The molecule has 1 atom stereocenters. The van der Waals surface area contributed by atoms with Gasteiger partial charge in [-0.05, 0) is 58.1 Å². The van der Waals surface area contributed by atoms with Crippen LogP contribution in [0, 0.1) is 0 Å². The van der Waals surface area contributed by atoms with Gasteiger partial charge in [-0.25, -0.2) is 8.42 Å². The summed E-state index contributed by atoms with van der Waals surface area (Å²) in [7, 11) is -3.93. The molecule has 0 spiro atoms. The van der Waals surface area contributed by atoms with Crippen LogP contribution in [0.3, 0.4) is 0 Å². The van der Waals surface area contributed by atoms with E-state index in [2.05, 4.69) is 26.1 Å². The highest BCUT2D eigenvalue weighted by Gasteiger charge is 2.38. The molecular weight excluding hydrogens is 512 g/mol. The number of carbonyl (C=O) groups excluding carboxylic acids is 1. The maximum Gasteiger partial charge on any atom is 0.264 e. The van der Waals surface area contributed by atoms with E-state index in [1.54, 1.807) is 36.4 Å². The van der Waals surface area contributed by atoms with Crippen molar-refractivity contribution < 1.29 is 22.7 Å². The lowest BCUT2D eigenvalue weighted by molar-refractivity contribution is -0.127. The topological polar surface area (TPSA) is 84.9 Å². The van der Waals surface area contributed by atoms with Crippen LogP contribution in [0.4, 0.5) is 5.69 Å². The Balaban J connectivity index is 1.31. The van der Waals surface area contributed by atoms with Crippen LogP contribution in [0.2, 0.25) is 0 Å². The zero-order valence-corrected chi connectivity index (χ0v) is 23.1. The van der Waals surface area contributed by atoms with Gasteiger partial charge in [-0.2, -0.15) is 0 Å². The summed E-state index contributed by atoms with van der Waals surface area (Å²) in [5.74, 6) is 0.651. The van der Waals surface area contributed by atoms with Gasteiger partial charge in [0.2, 0.25) is 0 Å². The second kappa shape index (κ2) is 10.6. The van der Waals surface area contributed by atoms with Gasteiger partial charge in [0.15, 0.2) is 6.10 Å². The minimum Gasteiger partial charge on any atom is -0.492 e. The van der Waals surface area contributed by atoms with Crippen molar-refractivity contribution in [2.45, 2.75) is 37.2 Å². The number of fused-ring (bicyclic) bond motifs is 2. The van der Waals surface area contributed by atoms with E-state index in [1.807, 2.05) is 54.6 Å². The van der Waals surface area contributed by atoms with E-state index < -0.39 is 22.0 Å². The number of hydrogen-bond donors (Lipinski definition) is 1. The first-order valence-electron chi connectivity index (χ1n) is 12.9. The molecule has 202 valence electrons. The van der Waals surface area contributed by atoms with Crippen LogP contribution in [0.1, 0.15) is 26.3 Å². The van der Waals surface area contributed by atoms with E-state index >= 15 is 0 Å². The molecule has 1 heterocycles. The number of sulfonamides is 1. The Kier molecular flexibility index (Phi) is 7.23. The fourth-order valence-corrected chi connectivity index (χ4v) is 6.00. The van der Waals surface area contributed by atoms with Crippen molar-refractivity contribution in [1.82, 2.24) is 5.32 Å². The highest BCUT2D eigenvalue weighted by molar-refractivity contribution is 7.92. The molecule has 7 nitrogen and oxygen atoms in total. The Morgan fingerprint density at radius 1 is 0.949 bits per heavy atom. The molecular formula is C31H32N2O5S. The summed E-state index contributed by atoms with van der Waals surface area (Å²) in [5.41, 5.74) is 1.19. The van der Waals surface area contributed by atoms with Crippen LogP contribution >= 0.6 is 0 Å². The van der Waals surface area contributed by atoms with Gasteiger partial charge in [0, 0.05) is 0 Å². The van der Waals surface area contributed by atoms with E-state index in [4.69, 9.17) is 9.47 Å². The number of benzene rings is 4. The Labute approximate surface area is 229 Å². The SMILES string of the molecule is CC(C)(C)c1ccc2c(c1)N(S(=O)(=O)c1ccccc1)CC(C(=O)NCCOc1ccc3ccccc3c1)O2.